The van der Waals surface area contributed by atoms with E-state index in [9.17, 15) is 0 Å². The van der Waals surface area contributed by atoms with Crippen molar-refractivity contribution in [1.82, 2.24) is 10.1 Å². The molecule has 0 radical (unpaired) electrons. The molecule has 2 aromatic rings. The Morgan fingerprint density at radius 3 is 3.05 bits per heavy atom. The quantitative estimate of drug-likeness (QED) is 0.845. The molecule has 0 amide bonds. The molecule has 1 aromatic heterocycles. The summed E-state index contributed by atoms with van der Waals surface area (Å²) in [4.78, 5) is 4.40. The van der Waals surface area contributed by atoms with Gasteiger partial charge in [-0.2, -0.15) is 4.98 Å². The van der Waals surface area contributed by atoms with Gasteiger partial charge in [0.2, 0.25) is 0 Å². The summed E-state index contributed by atoms with van der Waals surface area (Å²) in [6.07, 6.45) is 2.57. The van der Waals surface area contributed by atoms with Crippen molar-refractivity contribution in [2.24, 2.45) is 0 Å². The first kappa shape index (κ1) is 12.2. The van der Waals surface area contributed by atoms with Gasteiger partial charge in [0.05, 0.1) is 7.11 Å². The van der Waals surface area contributed by atoms with Gasteiger partial charge in [0.25, 0.3) is 5.89 Å². The highest BCUT2D eigenvalue weighted by atomic mass is 16.5. The van der Waals surface area contributed by atoms with Crippen LogP contribution in [0.4, 0.5) is 0 Å². The van der Waals surface area contributed by atoms with Crippen LogP contribution in [-0.2, 0) is 11.2 Å². The molecule has 1 aliphatic rings. The number of nitrogens with zero attached hydrogens (tertiary/aromatic N) is 2. The van der Waals surface area contributed by atoms with E-state index in [2.05, 4.69) is 10.1 Å². The summed E-state index contributed by atoms with van der Waals surface area (Å²) in [5.74, 6) is 2.09. The molecule has 1 aliphatic heterocycles. The molecule has 0 aliphatic carbocycles. The zero-order valence-corrected chi connectivity index (χ0v) is 10.8. The Hall–Kier alpha value is -1.88. The van der Waals surface area contributed by atoms with Crippen molar-refractivity contribution in [1.29, 1.82) is 0 Å². The third-order valence-corrected chi connectivity index (χ3v) is 3.23. The number of para-hydroxylation sites is 1. The molecule has 2 heterocycles. The van der Waals surface area contributed by atoms with Crippen molar-refractivity contribution in [2.75, 3.05) is 13.7 Å². The van der Waals surface area contributed by atoms with Crippen LogP contribution in [0.1, 0.15) is 36.2 Å². The molecule has 3 rings (SSSR count). The maximum atomic E-state index is 5.53. The lowest BCUT2D eigenvalue weighted by Gasteiger charge is -2.05. The molecule has 1 atom stereocenters. The average Bonchev–Trinajstić information content (AvgIpc) is 3.09. The molecule has 1 unspecified atom stereocenters. The predicted octanol–water partition coefficient (Wildman–Crippen LogP) is 2.52. The highest BCUT2D eigenvalue weighted by Crippen LogP contribution is 2.27. The minimum atomic E-state index is -0.0288. The fraction of sp³-hybridized carbons (Fsp3) is 0.429. The van der Waals surface area contributed by atoms with E-state index >= 15 is 0 Å². The number of ether oxygens (including phenoxy) is 2. The van der Waals surface area contributed by atoms with Crippen LogP contribution in [0.5, 0.6) is 5.75 Å². The summed E-state index contributed by atoms with van der Waals surface area (Å²) >= 11 is 0. The van der Waals surface area contributed by atoms with E-state index in [0.717, 1.165) is 30.8 Å². The molecule has 19 heavy (non-hydrogen) atoms. The fourth-order valence-electron chi connectivity index (χ4n) is 2.26. The summed E-state index contributed by atoms with van der Waals surface area (Å²) in [6, 6.07) is 7.84. The molecule has 0 saturated carbocycles. The summed E-state index contributed by atoms with van der Waals surface area (Å²) < 4.78 is 16.1. The van der Waals surface area contributed by atoms with Crippen LogP contribution in [0, 0.1) is 0 Å². The van der Waals surface area contributed by atoms with E-state index in [-0.39, 0.29) is 6.10 Å². The number of benzene rings is 1. The number of methoxy groups -OCH3 is 1. The molecule has 0 spiro atoms. The Kier molecular flexibility index (Phi) is 3.46. The molecular formula is C14H16N2O3. The number of hydrogen-bond acceptors (Lipinski definition) is 5. The van der Waals surface area contributed by atoms with Crippen LogP contribution in [0.2, 0.25) is 0 Å². The second-order valence-electron chi connectivity index (χ2n) is 4.54. The lowest BCUT2D eigenvalue weighted by molar-refractivity contribution is 0.0835. The Balaban J connectivity index is 1.76. The minimum Gasteiger partial charge on any atom is -0.496 e. The van der Waals surface area contributed by atoms with Crippen LogP contribution in [0.3, 0.4) is 0 Å². The van der Waals surface area contributed by atoms with Crippen molar-refractivity contribution < 1.29 is 14.0 Å². The van der Waals surface area contributed by atoms with Gasteiger partial charge in [0.1, 0.15) is 11.9 Å². The summed E-state index contributed by atoms with van der Waals surface area (Å²) in [5, 5.41) is 4.01. The molecule has 1 aromatic carbocycles. The predicted molar refractivity (Wildman–Crippen MR) is 68.0 cm³/mol. The fourth-order valence-corrected chi connectivity index (χ4v) is 2.26. The normalized spacial score (nSPS) is 18.7. The van der Waals surface area contributed by atoms with Crippen molar-refractivity contribution in [3.63, 3.8) is 0 Å². The Morgan fingerprint density at radius 1 is 1.37 bits per heavy atom. The Morgan fingerprint density at radius 2 is 2.26 bits per heavy atom. The molecule has 1 saturated heterocycles. The van der Waals surface area contributed by atoms with Gasteiger partial charge in [0.15, 0.2) is 5.82 Å². The van der Waals surface area contributed by atoms with E-state index in [1.807, 2.05) is 24.3 Å². The SMILES string of the molecule is COc1ccccc1Cc1noc(C2CCCO2)n1. The van der Waals surface area contributed by atoms with Gasteiger partial charge in [-0.1, -0.05) is 23.4 Å². The van der Waals surface area contributed by atoms with Gasteiger partial charge < -0.3 is 14.0 Å². The lowest BCUT2D eigenvalue weighted by atomic mass is 10.1. The first-order chi connectivity index (χ1) is 9.36. The number of hydrogen-bond donors (Lipinski definition) is 0. The molecule has 100 valence electrons. The van der Waals surface area contributed by atoms with Crippen LogP contribution in [-0.4, -0.2) is 23.9 Å². The highest BCUT2D eigenvalue weighted by molar-refractivity contribution is 5.35. The van der Waals surface area contributed by atoms with Crippen molar-refractivity contribution >= 4 is 0 Å². The maximum Gasteiger partial charge on any atom is 0.255 e. The largest absolute Gasteiger partial charge is 0.496 e. The average molecular weight is 260 g/mol. The Bertz CT molecular complexity index is 547. The summed E-state index contributed by atoms with van der Waals surface area (Å²) in [5.41, 5.74) is 1.05. The monoisotopic (exact) mass is 260 g/mol. The van der Waals surface area contributed by atoms with Gasteiger partial charge in [-0.15, -0.1) is 0 Å². The van der Waals surface area contributed by atoms with E-state index in [1.54, 1.807) is 7.11 Å². The van der Waals surface area contributed by atoms with E-state index in [1.165, 1.54) is 0 Å². The maximum absolute atomic E-state index is 5.53. The van der Waals surface area contributed by atoms with Gasteiger partial charge in [0, 0.05) is 18.6 Å². The van der Waals surface area contributed by atoms with Crippen LogP contribution in [0.15, 0.2) is 28.8 Å². The van der Waals surface area contributed by atoms with Crippen LogP contribution in [0.25, 0.3) is 0 Å². The Labute approximate surface area is 111 Å². The standard InChI is InChI=1S/C14H16N2O3/c1-17-11-6-3-2-5-10(11)9-13-15-14(19-16-13)12-7-4-8-18-12/h2-3,5-6,12H,4,7-9H2,1H3. The number of aromatic nitrogens is 2. The van der Waals surface area contributed by atoms with Crippen LogP contribution >= 0.6 is 0 Å². The van der Waals surface area contributed by atoms with Gasteiger partial charge in [-0.25, -0.2) is 0 Å². The minimum absolute atomic E-state index is 0.0288. The second-order valence-corrected chi connectivity index (χ2v) is 4.54. The van der Waals surface area contributed by atoms with Crippen molar-refractivity contribution in [3.8, 4) is 5.75 Å². The number of rotatable bonds is 4. The van der Waals surface area contributed by atoms with Crippen molar-refractivity contribution in [2.45, 2.75) is 25.4 Å². The summed E-state index contributed by atoms with van der Waals surface area (Å²) in [7, 11) is 1.66. The first-order valence-electron chi connectivity index (χ1n) is 6.43. The smallest absolute Gasteiger partial charge is 0.255 e. The summed E-state index contributed by atoms with van der Waals surface area (Å²) in [6.45, 7) is 0.773. The van der Waals surface area contributed by atoms with E-state index < -0.39 is 0 Å². The molecular weight excluding hydrogens is 244 g/mol. The van der Waals surface area contributed by atoms with Gasteiger partial charge in [-0.3, -0.25) is 0 Å². The first-order valence-corrected chi connectivity index (χ1v) is 6.43. The highest BCUT2D eigenvalue weighted by Gasteiger charge is 2.23. The third kappa shape index (κ3) is 2.61. The zero-order valence-electron chi connectivity index (χ0n) is 10.8. The molecule has 0 bridgehead atoms. The van der Waals surface area contributed by atoms with E-state index in [4.69, 9.17) is 14.0 Å². The molecule has 5 nitrogen and oxygen atoms in total. The third-order valence-electron chi connectivity index (χ3n) is 3.23. The lowest BCUT2D eigenvalue weighted by Crippen LogP contribution is -1.98. The second kappa shape index (κ2) is 5.40. The topological polar surface area (TPSA) is 57.4 Å². The van der Waals surface area contributed by atoms with Gasteiger partial charge in [-0.05, 0) is 18.9 Å². The molecule has 5 heteroatoms. The molecule has 0 N–H and O–H groups in total. The van der Waals surface area contributed by atoms with E-state index in [0.29, 0.717) is 18.1 Å². The zero-order chi connectivity index (χ0) is 13.1. The van der Waals surface area contributed by atoms with Crippen molar-refractivity contribution in [3.05, 3.63) is 41.5 Å². The van der Waals surface area contributed by atoms with Crippen LogP contribution < -0.4 is 4.74 Å². The van der Waals surface area contributed by atoms with Gasteiger partial charge >= 0.3 is 0 Å². The molecule has 1 fully saturated rings.